The number of rotatable bonds is 5. The summed E-state index contributed by atoms with van der Waals surface area (Å²) in [6.07, 6.45) is 2.69. The third-order valence-electron chi connectivity index (χ3n) is 3.74. The highest BCUT2D eigenvalue weighted by Gasteiger charge is 2.08. The molecule has 0 radical (unpaired) electrons. The summed E-state index contributed by atoms with van der Waals surface area (Å²) < 4.78 is 0. The summed E-state index contributed by atoms with van der Waals surface area (Å²) in [6, 6.07) is 12.3. The molecule has 1 aromatic carbocycles. The zero-order valence-electron chi connectivity index (χ0n) is 13.5. The van der Waals surface area contributed by atoms with Crippen molar-refractivity contribution >= 4 is 16.7 Å². The van der Waals surface area contributed by atoms with E-state index in [2.05, 4.69) is 32.0 Å². The number of aryl methyl sites for hydroxylation is 1. The van der Waals surface area contributed by atoms with Crippen LogP contribution >= 0.6 is 0 Å². The van der Waals surface area contributed by atoms with E-state index in [0.29, 0.717) is 6.54 Å². The molecule has 3 aromatic rings. The number of fused-ring (bicyclic) bond motifs is 1. The lowest BCUT2D eigenvalue weighted by Crippen LogP contribution is -2.19. The highest BCUT2D eigenvalue weighted by Crippen LogP contribution is 2.17. The molecule has 0 unspecified atom stereocenters. The Hall–Kier alpha value is -2.53. The van der Waals surface area contributed by atoms with E-state index in [0.717, 1.165) is 46.8 Å². The highest BCUT2D eigenvalue weighted by molar-refractivity contribution is 5.78. The Morgan fingerprint density at radius 3 is 2.78 bits per heavy atom. The summed E-state index contributed by atoms with van der Waals surface area (Å²) in [4.78, 5) is 15.6. The van der Waals surface area contributed by atoms with Crippen LogP contribution in [-0.4, -0.2) is 28.5 Å². The van der Waals surface area contributed by atoms with Crippen LogP contribution in [0, 0.1) is 6.92 Å². The van der Waals surface area contributed by atoms with Crippen LogP contribution in [0.25, 0.3) is 10.9 Å². The maximum atomic E-state index is 5.63. The molecule has 3 rings (SSSR count). The summed E-state index contributed by atoms with van der Waals surface area (Å²) in [5, 5.41) is 1.15. The van der Waals surface area contributed by atoms with Gasteiger partial charge in [-0.1, -0.05) is 18.2 Å². The minimum absolute atomic E-state index is 0.591. The first-order chi connectivity index (χ1) is 11.2. The van der Waals surface area contributed by atoms with Crippen LogP contribution in [0.3, 0.4) is 0 Å². The van der Waals surface area contributed by atoms with Gasteiger partial charge in [-0.2, -0.15) is 0 Å². The lowest BCUT2D eigenvalue weighted by molar-refractivity contribution is 0.844. The van der Waals surface area contributed by atoms with Crippen molar-refractivity contribution in [1.29, 1.82) is 0 Å². The van der Waals surface area contributed by atoms with Crippen LogP contribution in [0.1, 0.15) is 17.1 Å². The molecule has 0 atom stereocenters. The lowest BCUT2D eigenvalue weighted by atomic mass is 10.1. The Morgan fingerprint density at radius 2 is 1.96 bits per heavy atom. The summed E-state index contributed by atoms with van der Waals surface area (Å²) >= 11 is 0. The largest absolute Gasteiger partial charge is 0.355 e. The third kappa shape index (κ3) is 3.63. The number of hydrogen-bond donors (Lipinski definition) is 1. The van der Waals surface area contributed by atoms with E-state index in [1.54, 1.807) is 0 Å². The van der Waals surface area contributed by atoms with Crippen LogP contribution in [0.5, 0.6) is 0 Å². The van der Waals surface area contributed by atoms with Crippen molar-refractivity contribution < 1.29 is 0 Å². The fraction of sp³-hybridized carbons (Fsp3) is 0.278. The molecule has 2 heterocycles. The van der Waals surface area contributed by atoms with Gasteiger partial charge in [0.1, 0.15) is 11.6 Å². The average Bonchev–Trinajstić information content (AvgIpc) is 2.54. The zero-order chi connectivity index (χ0) is 16.2. The van der Waals surface area contributed by atoms with Gasteiger partial charge < -0.3 is 10.6 Å². The minimum atomic E-state index is 0.591. The van der Waals surface area contributed by atoms with E-state index in [9.17, 15) is 0 Å². The van der Waals surface area contributed by atoms with Crippen LogP contribution < -0.4 is 10.6 Å². The molecule has 0 aliphatic carbocycles. The fourth-order valence-electron chi connectivity index (χ4n) is 2.64. The molecule has 0 amide bonds. The first-order valence-corrected chi connectivity index (χ1v) is 7.75. The Kier molecular flexibility index (Phi) is 4.48. The predicted molar refractivity (Wildman–Crippen MR) is 93.4 cm³/mol. The molecule has 0 aliphatic heterocycles. The van der Waals surface area contributed by atoms with Crippen molar-refractivity contribution in [3.63, 3.8) is 0 Å². The average molecular weight is 307 g/mol. The van der Waals surface area contributed by atoms with E-state index in [-0.39, 0.29) is 0 Å². The Bertz CT molecular complexity index is 815. The molecule has 0 fully saturated rings. The van der Waals surface area contributed by atoms with Gasteiger partial charge in [0.2, 0.25) is 0 Å². The van der Waals surface area contributed by atoms with E-state index in [1.807, 2.05) is 44.4 Å². The van der Waals surface area contributed by atoms with Crippen LogP contribution in [0.15, 0.2) is 42.6 Å². The van der Waals surface area contributed by atoms with E-state index >= 15 is 0 Å². The molecule has 2 N–H and O–H groups in total. The summed E-state index contributed by atoms with van der Waals surface area (Å²) in [5.41, 5.74) is 8.79. The predicted octanol–water partition coefficient (Wildman–Crippen LogP) is 2.47. The monoisotopic (exact) mass is 307 g/mol. The molecule has 23 heavy (non-hydrogen) atoms. The Morgan fingerprint density at radius 1 is 1.13 bits per heavy atom. The second-order valence-corrected chi connectivity index (χ2v) is 5.70. The standard InChI is InChI=1S/C18H21N5/c1-13-21-16(7-8-19)10-18(22-13)23(2)12-14-9-15-5-3-4-6-17(15)20-11-14/h3-6,9-11H,7-8,12,19H2,1-2H3. The summed E-state index contributed by atoms with van der Waals surface area (Å²) in [7, 11) is 2.03. The van der Waals surface area contributed by atoms with Crippen molar-refractivity contribution in [2.45, 2.75) is 19.9 Å². The number of aromatic nitrogens is 3. The molecular formula is C18H21N5. The molecule has 0 saturated heterocycles. The van der Waals surface area contributed by atoms with Gasteiger partial charge in [0, 0.05) is 43.4 Å². The number of benzene rings is 1. The number of pyridine rings is 1. The molecule has 5 heteroatoms. The number of hydrogen-bond acceptors (Lipinski definition) is 5. The zero-order valence-corrected chi connectivity index (χ0v) is 13.5. The van der Waals surface area contributed by atoms with Gasteiger partial charge >= 0.3 is 0 Å². The second-order valence-electron chi connectivity index (χ2n) is 5.70. The van der Waals surface area contributed by atoms with Crippen molar-refractivity contribution in [3.8, 4) is 0 Å². The molecule has 2 aromatic heterocycles. The minimum Gasteiger partial charge on any atom is -0.355 e. The Labute approximate surface area is 136 Å². The number of nitrogens with two attached hydrogens (primary N) is 1. The van der Waals surface area contributed by atoms with Gasteiger partial charge in [-0.3, -0.25) is 4.98 Å². The smallest absolute Gasteiger partial charge is 0.132 e. The first-order valence-electron chi connectivity index (χ1n) is 7.75. The van der Waals surface area contributed by atoms with Gasteiger partial charge in [-0.25, -0.2) is 9.97 Å². The SMILES string of the molecule is Cc1nc(CCN)cc(N(C)Cc2cnc3ccccc3c2)n1. The first kappa shape index (κ1) is 15.4. The van der Waals surface area contributed by atoms with Crippen molar-refractivity contribution in [1.82, 2.24) is 15.0 Å². The van der Waals surface area contributed by atoms with Crippen LogP contribution in [0.4, 0.5) is 5.82 Å². The molecule has 0 saturated carbocycles. The number of anilines is 1. The van der Waals surface area contributed by atoms with Gasteiger partial charge in [0.15, 0.2) is 0 Å². The maximum absolute atomic E-state index is 5.63. The van der Waals surface area contributed by atoms with Crippen molar-refractivity contribution in [2.24, 2.45) is 5.73 Å². The summed E-state index contributed by atoms with van der Waals surface area (Å²) in [5.74, 6) is 1.68. The maximum Gasteiger partial charge on any atom is 0.132 e. The fourth-order valence-corrected chi connectivity index (χ4v) is 2.64. The van der Waals surface area contributed by atoms with Gasteiger partial charge in [0.25, 0.3) is 0 Å². The topological polar surface area (TPSA) is 67.9 Å². The quantitative estimate of drug-likeness (QED) is 0.784. The summed E-state index contributed by atoms with van der Waals surface area (Å²) in [6.45, 7) is 3.25. The lowest BCUT2D eigenvalue weighted by Gasteiger charge is -2.19. The van der Waals surface area contributed by atoms with Crippen LogP contribution in [-0.2, 0) is 13.0 Å². The normalized spacial score (nSPS) is 10.9. The van der Waals surface area contributed by atoms with Crippen LogP contribution in [0.2, 0.25) is 0 Å². The molecule has 0 spiro atoms. The van der Waals surface area contributed by atoms with Gasteiger partial charge in [-0.05, 0) is 31.2 Å². The van der Waals surface area contributed by atoms with Crippen molar-refractivity contribution in [3.05, 3.63) is 59.7 Å². The van der Waals surface area contributed by atoms with Gasteiger partial charge in [-0.15, -0.1) is 0 Å². The van der Waals surface area contributed by atoms with Gasteiger partial charge in [0.05, 0.1) is 5.52 Å². The molecule has 0 aliphatic rings. The van der Waals surface area contributed by atoms with E-state index in [1.165, 1.54) is 0 Å². The molecule has 118 valence electrons. The molecular weight excluding hydrogens is 286 g/mol. The molecule has 5 nitrogen and oxygen atoms in total. The highest BCUT2D eigenvalue weighted by atomic mass is 15.2. The number of nitrogens with zero attached hydrogens (tertiary/aromatic N) is 4. The third-order valence-corrected chi connectivity index (χ3v) is 3.74. The molecule has 0 bridgehead atoms. The van der Waals surface area contributed by atoms with E-state index < -0.39 is 0 Å². The Balaban J connectivity index is 1.83. The number of para-hydroxylation sites is 1. The second kappa shape index (κ2) is 6.71. The van der Waals surface area contributed by atoms with E-state index in [4.69, 9.17) is 5.73 Å². The van der Waals surface area contributed by atoms with Crippen molar-refractivity contribution in [2.75, 3.05) is 18.5 Å².